The molecule has 0 saturated heterocycles. The summed E-state index contributed by atoms with van der Waals surface area (Å²) in [6.07, 6.45) is 3.64. The third-order valence-corrected chi connectivity index (χ3v) is 4.26. The molecule has 0 bridgehead atoms. The molecule has 1 aliphatic heterocycles. The number of amides is 1. The number of rotatable bonds is 7. The zero-order chi connectivity index (χ0) is 17.0. The molecule has 0 saturated carbocycles. The summed E-state index contributed by atoms with van der Waals surface area (Å²) < 4.78 is 5.70. The Morgan fingerprint density at radius 3 is 2.35 bits per heavy atom. The van der Waals surface area contributed by atoms with Crippen LogP contribution in [0.3, 0.4) is 0 Å². The van der Waals surface area contributed by atoms with Crippen molar-refractivity contribution in [2.24, 2.45) is 0 Å². The molecule has 0 spiro atoms. The minimum absolute atomic E-state index is 0.0922. The van der Waals surface area contributed by atoms with Crippen molar-refractivity contribution in [2.75, 3.05) is 6.54 Å². The molecule has 0 aromatic heterocycles. The van der Waals surface area contributed by atoms with Crippen LogP contribution in [0.15, 0.2) is 48.1 Å². The van der Waals surface area contributed by atoms with Crippen LogP contribution in [0.5, 0.6) is 5.75 Å². The summed E-state index contributed by atoms with van der Waals surface area (Å²) in [5, 5.41) is 0. The minimum atomic E-state index is 0.0922. The standard InChI is InChI=1S/C20H27NO2/c1-6-15-13-21(20(22)18(15)7-2)19(8-3)16-9-11-17(12-10-16)23-14(4)5/h7,9-12,14,19H,2,6,8,13H2,1,3-5H3. The van der Waals surface area contributed by atoms with Crippen LogP contribution in [0.1, 0.15) is 52.1 Å². The maximum atomic E-state index is 12.7. The van der Waals surface area contributed by atoms with E-state index in [9.17, 15) is 4.79 Å². The van der Waals surface area contributed by atoms with Gasteiger partial charge < -0.3 is 9.64 Å². The van der Waals surface area contributed by atoms with Gasteiger partial charge in [0, 0.05) is 12.1 Å². The molecule has 1 aromatic carbocycles. The summed E-state index contributed by atoms with van der Waals surface area (Å²) >= 11 is 0. The lowest BCUT2D eigenvalue weighted by atomic mass is 10.0. The van der Waals surface area contributed by atoms with E-state index in [-0.39, 0.29) is 18.1 Å². The Balaban J connectivity index is 2.21. The molecular weight excluding hydrogens is 286 g/mol. The molecule has 0 radical (unpaired) electrons. The van der Waals surface area contributed by atoms with Gasteiger partial charge in [-0.05, 0) is 50.0 Å². The zero-order valence-corrected chi connectivity index (χ0v) is 14.6. The first-order valence-electron chi connectivity index (χ1n) is 8.43. The maximum Gasteiger partial charge on any atom is 0.254 e. The van der Waals surface area contributed by atoms with Gasteiger partial charge in [-0.25, -0.2) is 0 Å². The second kappa shape index (κ2) is 7.49. The van der Waals surface area contributed by atoms with Gasteiger partial charge in [0.25, 0.3) is 5.91 Å². The van der Waals surface area contributed by atoms with E-state index in [1.807, 2.05) is 30.9 Å². The van der Waals surface area contributed by atoms with Crippen molar-refractivity contribution in [1.82, 2.24) is 4.90 Å². The van der Waals surface area contributed by atoms with E-state index in [2.05, 4.69) is 32.6 Å². The Bertz CT molecular complexity index is 599. The van der Waals surface area contributed by atoms with Gasteiger partial charge in [0.1, 0.15) is 5.75 Å². The normalized spacial score (nSPS) is 16.2. The van der Waals surface area contributed by atoms with Gasteiger partial charge in [0.2, 0.25) is 0 Å². The monoisotopic (exact) mass is 313 g/mol. The predicted octanol–water partition coefficient (Wildman–Crippen LogP) is 4.66. The molecule has 3 nitrogen and oxygen atoms in total. The minimum Gasteiger partial charge on any atom is -0.491 e. The molecule has 1 amide bonds. The fourth-order valence-electron chi connectivity index (χ4n) is 3.13. The van der Waals surface area contributed by atoms with E-state index >= 15 is 0 Å². The highest BCUT2D eigenvalue weighted by molar-refractivity contribution is 5.99. The van der Waals surface area contributed by atoms with Crippen LogP contribution in [0.2, 0.25) is 0 Å². The topological polar surface area (TPSA) is 29.5 Å². The lowest BCUT2D eigenvalue weighted by molar-refractivity contribution is -0.127. The van der Waals surface area contributed by atoms with Crippen LogP contribution in [0.25, 0.3) is 0 Å². The third-order valence-electron chi connectivity index (χ3n) is 4.26. The molecule has 1 unspecified atom stereocenters. The van der Waals surface area contributed by atoms with Crippen LogP contribution < -0.4 is 4.74 Å². The Morgan fingerprint density at radius 1 is 1.26 bits per heavy atom. The molecule has 1 aromatic rings. The lowest BCUT2D eigenvalue weighted by Crippen LogP contribution is -2.31. The van der Waals surface area contributed by atoms with E-state index in [1.54, 1.807) is 6.08 Å². The summed E-state index contributed by atoms with van der Waals surface area (Å²) in [6.45, 7) is 12.7. The van der Waals surface area contributed by atoms with Crippen molar-refractivity contribution in [3.05, 3.63) is 53.6 Å². The summed E-state index contributed by atoms with van der Waals surface area (Å²) in [7, 11) is 0. The molecule has 124 valence electrons. The van der Waals surface area contributed by atoms with Crippen molar-refractivity contribution in [1.29, 1.82) is 0 Å². The molecule has 0 aliphatic carbocycles. The van der Waals surface area contributed by atoms with Crippen molar-refractivity contribution >= 4 is 5.91 Å². The number of nitrogens with zero attached hydrogens (tertiary/aromatic N) is 1. The van der Waals surface area contributed by atoms with Crippen LogP contribution in [-0.4, -0.2) is 23.5 Å². The number of carbonyl (C=O) groups is 1. The molecule has 0 fully saturated rings. The van der Waals surface area contributed by atoms with E-state index in [4.69, 9.17) is 4.74 Å². The maximum absolute atomic E-state index is 12.7. The van der Waals surface area contributed by atoms with Crippen LogP contribution in [-0.2, 0) is 4.79 Å². The summed E-state index contributed by atoms with van der Waals surface area (Å²) in [4.78, 5) is 14.6. The average Bonchev–Trinajstić information content (AvgIpc) is 2.85. The second-order valence-corrected chi connectivity index (χ2v) is 6.17. The number of carbonyl (C=O) groups excluding carboxylic acids is 1. The van der Waals surface area contributed by atoms with E-state index in [0.717, 1.165) is 29.7 Å². The number of ether oxygens (including phenoxy) is 1. The molecule has 0 N–H and O–H groups in total. The largest absolute Gasteiger partial charge is 0.491 e. The quantitative estimate of drug-likeness (QED) is 0.732. The average molecular weight is 313 g/mol. The summed E-state index contributed by atoms with van der Waals surface area (Å²) in [6, 6.07) is 8.20. The number of hydrogen-bond acceptors (Lipinski definition) is 2. The third kappa shape index (κ3) is 3.66. The van der Waals surface area contributed by atoms with Crippen molar-refractivity contribution < 1.29 is 9.53 Å². The van der Waals surface area contributed by atoms with Crippen molar-refractivity contribution in [3.8, 4) is 5.75 Å². The molecule has 3 heteroatoms. The van der Waals surface area contributed by atoms with Gasteiger partial charge >= 0.3 is 0 Å². The predicted molar refractivity (Wildman–Crippen MR) is 94.5 cm³/mol. The Kier molecular flexibility index (Phi) is 5.64. The first kappa shape index (κ1) is 17.3. The highest BCUT2D eigenvalue weighted by Crippen LogP contribution is 2.33. The number of hydrogen-bond donors (Lipinski definition) is 0. The highest BCUT2D eigenvalue weighted by Gasteiger charge is 2.32. The molecule has 2 rings (SSSR count). The smallest absolute Gasteiger partial charge is 0.254 e. The molecule has 23 heavy (non-hydrogen) atoms. The van der Waals surface area contributed by atoms with Gasteiger partial charge in [-0.2, -0.15) is 0 Å². The van der Waals surface area contributed by atoms with Gasteiger partial charge in [-0.15, -0.1) is 0 Å². The van der Waals surface area contributed by atoms with Crippen molar-refractivity contribution in [2.45, 2.75) is 52.7 Å². The molecule has 1 heterocycles. The first-order chi connectivity index (χ1) is 11.0. The van der Waals surface area contributed by atoms with E-state index < -0.39 is 0 Å². The zero-order valence-electron chi connectivity index (χ0n) is 14.6. The van der Waals surface area contributed by atoms with Gasteiger partial charge in [0.05, 0.1) is 12.1 Å². The SMILES string of the molecule is C=CC1=C(CC)CN(C(CC)c2ccc(OC(C)C)cc2)C1=O. The fraction of sp³-hybridized carbons (Fsp3) is 0.450. The molecular formula is C20H27NO2. The summed E-state index contributed by atoms with van der Waals surface area (Å²) in [5.74, 6) is 0.969. The molecule has 1 atom stereocenters. The van der Waals surface area contributed by atoms with Crippen LogP contribution >= 0.6 is 0 Å². The Morgan fingerprint density at radius 2 is 1.91 bits per heavy atom. The Labute approximate surface area is 139 Å². The summed E-state index contributed by atoms with van der Waals surface area (Å²) in [5.41, 5.74) is 3.12. The van der Waals surface area contributed by atoms with Gasteiger partial charge in [-0.1, -0.05) is 38.6 Å². The van der Waals surface area contributed by atoms with Gasteiger partial charge in [0.15, 0.2) is 0 Å². The molecule has 1 aliphatic rings. The lowest BCUT2D eigenvalue weighted by Gasteiger charge is -2.28. The number of benzene rings is 1. The Hall–Kier alpha value is -2.03. The second-order valence-electron chi connectivity index (χ2n) is 6.17. The highest BCUT2D eigenvalue weighted by atomic mass is 16.5. The van der Waals surface area contributed by atoms with Crippen LogP contribution in [0.4, 0.5) is 0 Å². The van der Waals surface area contributed by atoms with Gasteiger partial charge in [-0.3, -0.25) is 4.79 Å². The first-order valence-corrected chi connectivity index (χ1v) is 8.43. The van der Waals surface area contributed by atoms with Crippen LogP contribution in [0, 0.1) is 0 Å². The van der Waals surface area contributed by atoms with E-state index in [0.29, 0.717) is 6.54 Å². The van der Waals surface area contributed by atoms with E-state index in [1.165, 1.54) is 5.57 Å². The fourth-order valence-corrected chi connectivity index (χ4v) is 3.13. The van der Waals surface area contributed by atoms with Crippen molar-refractivity contribution in [3.63, 3.8) is 0 Å².